The van der Waals surface area contributed by atoms with Crippen LogP contribution >= 0.6 is 0 Å². The van der Waals surface area contributed by atoms with Crippen molar-refractivity contribution in [2.75, 3.05) is 13.7 Å². The molecule has 4 N–H and O–H groups in total. The predicted molar refractivity (Wildman–Crippen MR) is 205 cm³/mol. The van der Waals surface area contributed by atoms with E-state index >= 15 is 0 Å². The lowest BCUT2D eigenvalue weighted by Crippen LogP contribution is -2.59. The van der Waals surface area contributed by atoms with E-state index in [1.54, 1.807) is 30.6 Å². The zero-order chi connectivity index (χ0) is 39.7. The maximum Gasteiger partial charge on any atom is 0.422 e. The van der Waals surface area contributed by atoms with Gasteiger partial charge in [-0.25, -0.2) is 14.6 Å². The number of amides is 3. The van der Waals surface area contributed by atoms with Gasteiger partial charge in [-0.1, -0.05) is 106 Å². The van der Waals surface area contributed by atoms with Gasteiger partial charge in [-0.2, -0.15) is 4.80 Å². The van der Waals surface area contributed by atoms with Gasteiger partial charge in [0.15, 0.2) is 0 Å². The van der Waals surface area contributed by atoms with E-state index in [-0.39, 0.29) is 19.5 Å². The quantitative estimate of drug-likeness (QED) is 0.126. The number of carbonyl (C=O) groups excluding carboxylic acids is 3. The van der Waals surface area contributed by atoms with Crippen molar-refractivity contribution in [2.24, 2.45) is 5.41 Å². The molecule has 3 aromatic carbocycles. The molecule has 3 atom stereocenters. The van der Waals surface area contributed by atoms with Crippen molar-refractivity contribution in [3.05, 3.63) is 102 Å². The first-order valence-electron chi connectivity index (χ1n) is 17.9. The summed E-state index contributed by atoms with van der Waals surface area (Å²) in [5.41, 5.74) is 4.27. The highest BCUT2D eigenvalue weighted by atomic mass is 16.6. The molecule has 0 saturated carbocycles. The van der Waals surface area contributed by atoms with Crippen LogP contribution in [0.4, 0.5) is 9.59 Å². The number of nitrogens with zero attached hydrogens (tertiary/aromatic N) is 5. The molecule has 0 bridgehead atoms. The van der Waals surface area contributed by atoms with Crippen molar-refractivity contribution in [1.29, 1.82) is 0 Å². The topological polar surface area (TPSA) is 173 Å². The second-order valence-corrected chi connectivity index (χ2v) is 15.8. The number of carbonyl (C=O) groups is 3. The molecule has 0 aliphatic carbocycles. The first kappa shape index (κ1) is 41.4. The molecule has 0 fully saturated rings. The number of methoxy groups -OCH3 is 1. The summed E-state index contributed by atoms with van der Waals surface area (Å²) < 4.78 is 10.3. The van der Waals surface area contributed by atoms with Gasteiger partial charge in [-0.05, 0) is 68.4 Å². The summed E-state index contributed by atoms with van der Waals surface area (Å²) >= 11 is 0. The molecule has 0 radical (unpaired) electrons. The van der Waals surface area contributed by atoms with Crippen LogP contribution in [0, 0.1) is 5.41 Å². The number of rotatable bonds is 14. The van der Waals surface area contributed by atoms with Crippen LogP contribution in [-0.2, 0) is 32.8 Å². The first-order valence-corrected chi connectivity index (χ1v) is 17.9. The SMILES string of the molecule is COC(=O)N[C@H](C(=O)N[C@@H](Cc1ccccc1)[C@@H](O)CN(Cc1ccc(-c2nnn(C(C)(C)c3ccccc3)n2)cc1)NC(=O)OC(C)(C)C)C(C)(C)C. The highest BCUT2D eigenvalue weighted by Gasteiger charge is 2.36. The summed E-state index contributed by atoms with van der Waals surface area (Å²) in [5, 5.41) is 32.2. The lowest BCUT2D eigenvalue weighted by molar-refractivity contribution is -0.127. The monoisotopic (exact) mass is 742 g/mol. The van der Waals surface area contributed by atoms with Gasteiger partial charge in [0, 0.05) is 18.7 Å². The molecule has 0 aliphatic heterocycles. The number of nitrogens with one attached hydrogen (secondary N) is 3. The minimum Gasteiger partial charge on any atom is -0.453 e. The Balaban J connectivity index is 1.57. The molecule has 290 valence electrons. The Bertz CT molecular complexity index is 1820. The first-order chi connectivity index (χ1) is 25.4. The maximum atomic E-state index is 13.7. The molecule has 0 saturated heterocycles. The van der Waals surface area contributed by atoms with Crippen molar-refractivity contribution < 1.29 is 29.0 Å². The van der Waals surface area contributed by atoms with Gasteiger partial charge in [0.1, 0.15) is 17.2 Å². The van der Waals surface area contributed by atoms with E-state index in [9.17, 15) is 19.5 Å². The lowest BCUT2D eigenvalue weighted by atomic mass is 9.85. The number of aliphatic hydroxyl groups excluding tert-OH is 1. The molecule has 0 unspecified atom stereocenters. The van der Waals surface area contributed by atoms with Crippen LogP contribution in [0.3, 0.4) is 0 Å². The Morgan fingerprint density at radius 2 is 1.43 bits per heavy atom. The molecule has 3 amide bonds. The Morgan fingerprint density at radius 3 is 2.00 bits per heavy atom. The fraction of sp³-hybridized carbons (Fsp3) is 0.450. The second kappa shape index (κ2) is 17.7. The van der Waals surface area contributed by atoms with Crippen LogP contribution in [0.25, 0.3) is 11.4 Å². The van der Waals surface area contributed by atoms with Crippen molar-refractivity contribution >= 4 is 18.1 Å². The van der Waals surface area contributed by atoms with E-state index in [0.29, 0.717) is 5.82 Å². The second-order valence-electron chi connectivity index (χ2n) is 15.8. The van der Waals surface area contributed by atoms with Gasteiger partial charge in [0.05, 0.1) is 19.3 Å². The number of benzene rings is 3. The minimum atomic E-state index is -1.19. The zero-order valence-electron chi connectivity index (χ0n) is 32.7. The van der Waals surface area contributed by atoms with Crippen LogP contribution in [-0.4, -0.2) is 85.9 Å². The van der Waals surface area contributed by atoms with Gasteiger partial charge >= 0.3 is 12.2 Å². The summed E-state index contributed by atoms with van der Waals surface area (Å²) in [4.78, 5) is 40.5. The van der Waals surface area contributed by atoms with Crippen molar-refractivity contribution in [1.82, 2.24) is 41.3 Å². The molecule has 4 aromatic rings. The molecule has 0 spiro atoms. The Hall–Kier alpha value is -5.34. The van der Waals surface area contributed by atoms with Crippen LogP contribution in [0.5, 0.6) is 0 Å². The number of ether oxygens (including phenoxy) is 2. The zero-order valence-corrected chi connectivity index (χ0v) is 32.7. The molecule has 14 heteroatoms. The molecule has 1 heterocycles. The highest BCUT2D eigenvalue weighted by molar-refractivity contribution is 5.86. The van der Waals surface area contributed by atoms with E-state index in [4.69, 9.17) is 9.47 Å². The van der Waals surface area contributed by atoms with Gasteiger partial charge in [0.25, 0.3) is 0 Å². The molecule has 14 nitrogen and oxygen atoms in total. The third-order valence-electron chi connectivity index (χ3n) is 8.70. The Kier molecular flexibility index (Phi) is 13.5. The number of alkyl carbamates (subject to hydrolysis) is 1. The summed E-state index contributed by atoms with van der Waals surface area (Å²) in [6.45, 7) is 14.9. The van der Waals surface area contributed by atoms with Gasteiger partial charge in [-0.15, -0.1) is 10.2 Å². The third-order valence-corrected chi connectivity index (χ3v) is 8.70. The van der Waals surface area contributed by atoms with Gasteiger partial charge in [-0.3, -0.25) is 10.2 Å². The predicted octanol–water partition coefficient (Wildman–Crippen LogP) is 5.22. The van der Waals surface area contributed by atoms with E-state index in [2.05, 4.69) is 31.5 Å². The largest absolute Gasteiger partial charge is 0.453 e. The minimum absolute atomic E-state index is 0.0894. The smallest absolute Gasteiger partial charge is 0.422 e. The van der Waals surface area contributed by atoms with Crippen molar-refractivity contribution in [3.63, 3.8) is 0 Å². The van der Waals surface area contributed by atoms with Crippen LogP contribution < -0.4 is 16.1 Å². The summed E-state index contributed by atoms with van der Waals surface area (Å²) in [6, 6.07) is 25.1. The number of aliphatic hydroxyl groups is 1. The molecule has 4 rings (SSSR count). The number of aromatic nitrogens is 4. The van der Waals surface area contributed by atoms with Crippen LogP contribution in [0.2, 0.25) is 0 Å². The average Bonchev–Trinajstić information content (AvgIpc) is 3.61. The molecular weight excluding hydrogens is 688 g/mol. The number of hydrogen-bond donors (Lipinski definition) is 4. The van der Waals surface area contributed by atoms with Gasteiger partial charge < -0.3 is 25.2 Å². The highest BCUT2D eigenvalue weighted by Crippen LogP contribution is 2.25. The summed E-state index contributed by atoms with van der Waals surface area (Å²) in [5.74, 6) is -0.0349. The third kappa shape index (κ3) is 11.8. The van der Waals surface area contributed by atoms with Crippen molar-refractivity contribution in [2.45, 2.75) is 97.7 Å². The molecule has 1 aromatic heterocycles. The average molecular weight is 743 g/mol. The lowest BCUT2D eigenvalue weighted by Gasteiger charge is -2.34. The Morgan fingerprint density at radius 1 is 0.815 bits per heavy atom. The van der Waals surface area contributed by atoms with Crippen LogP contribution in [0.1, 0.15) is 72.1 Å². The van der Waals surface area contributed by atoms with E-state index < -0.39 is 52.8 Å². The standard InChI is InChI=1S/C40H54N8O6/c1-38(2,3)33(42-36(51)53-9)35(50)41-31(24-27-16-12-10-13-17-27)32(49)26-47(45-37(52)54-39(4,5)6)25-28-20-22-29(23-21-28)34-43-46-48(44-34)40(7,8)30-18-14-11-15-19-30/h10-23,31-33,49H,24-26H2,1-9H3,(H,41,50)(H,42,51)(H,45,52)/t31-,32-,33+/m0/s1. The molecule has 0 aliphatic rings. The maximum absolute atomic E-state index is 13.7. The number of hydrogen-bond acceptors (Lipinski definition) is 10. The van der Waals surface area contributed by atoms with E-state index in [0.717, 1.165) is 22.3 Å². The van der Waals surface area contributed by atoms with Crippen molar-refractivity contribution in [3.8, 4) is 11.4 Å². The fourth-order valence-corrected chi connectivity index (χ4v) is 5.71. The molecular formula is C40H54N8O6. The fourth-order valence-electron chi connectivity index (χ4n) is 5.71. The Labute approximate surface area is 317 Å². The van der Waals surface area contributed by atoms with Gasteiger partial charge in [0.2, 0.25) is 11.7 Å². The number of tetrazole rings is 1. The normalized spacial score (nSPS) is 13.8. The van der Waals surface area contributed by atoms with E-state index in [1.807, 2.05) is 120 Å². The van der Waals surface area contributed by atoms with Crippen LogP contribution in [0.15, 0.2) is 84.9 Å². The molecule has 54 heavy (non-hydrogen) atoms. The van der Waals surface area contributed by atoms with E-state index in [1.165, 1.54) is 7.11 Å². The summed E-state index contributed by atoms with van der Waals surface area (Å²) in [6.07, 6.45) is -2.37. The summed E-state index contributed by atoms with van der Waals surface area (Å²) in [7, 11) is 1.23. The number of hydrazine groups is 1.